The van der Waals surface area contributed by atoms with Crippen LogP contribution in [-0.4, -0.2) is 46.7 Å². The van der Waals surface area contributed by atoms with E-state index < -0.39 is 0 Å². The number of ether oxygens (including phenoxy) is 1. The summed E-state index contributed by atoms with van der Waals surface area (Å²) in [6.45, 7) is 6.68. The maximum atomic E-state index is 13.8. The van der Waals surface area contributed by atoms with Crippen LogP contribution >= 0.6 is 11.8 Å². The van der Waals surface area contributed by atoms with Gasteiger partial charge in [-0.15, -0.1) is 11.8 Å². The number of hydrogen-bond acceptors (Lipinski definition) is 5. The zero-order valence-corrected chi connectivity index (χ0v) is 20.3. The fourth-order valence-electron chi connectivity index (χ4n) is 4.32. The molecule has 1 amide bonds. The molecule has 0 N–H and O–H groups in total. The summed E-state index contributed by atoms with van der Waals surface area (Å²) in [7, 11) is 1.61. The summed E-state index contributed by atoms with van der Waals surface area (Å²) in [6.07, 6.45) is 2.30. The Kier molecular flexibility index (Phi) is 7.00. The van der Waals surface area contributed by atoms with Crippen molar-refractivity contribution in [2.24, 2.45) is 0 Å². The molecule has 0 unspecified atom stereocenters. The van der Waals surface area contributed by atoms with Gasteiger partial charge in [-0.2, -0.15) is 0 Å². The smallest absolute Gasteiger partial charge is 0.259 e. The van der Waals surface area contributed by atoms with Crippen molar-refractivity contribution in [2.75, 3.05) is 20.3 Å². The lowest BCUT2D eigenvalue weighted by molar-refractivity contribution is 0.0631. The predicted octanol–water partition coefficient (Wildman–Crippen LogP) is 4.43. The number of fused-ring (bicyclic) bond motifs is 3. The first kappa shape index (κ1) is 23.3. The number of nitrogens with zero attached hydrogens (tertiary/aromatic N) is 3. The lowest BCUT2D eigenvalue weighted by Crippen LogP contribution is -2.42. The molecule has 172 valence electrons. The number of carbonyl (C=O) groups excluding carboxylic acids is 1. The topological polar surface area (TPSA) is 64.4 Å². The van der Waals surface area contributed by atoms with E-state index in [9.17, 15) is 9.59 Å². The molecule has 3 heterocycles. The molecule has 0 saturated heterocycles. The lowest BCUT2D eigenvalue weighted by Gasteiger charge is -2.28. The zero-order valence-electron chi connectivity index (χ0n) is 19.4. The van der Waals surface area contributed by atoms with Gasteiger partial charge in [-0.3, -0.25) is 14.6 Å². The van der Waals surface area contributed by atoms with Gasteiger partial charge in [-0.1, -0.05) is 18.2 Å². The Morgan fingerprint density at radius 2 is 2.00 bits per heavy atom. The van der Waals surface area contributed by atoms with Gasteiger partial charge in [0.1, 0.15) is 5.56 Å². The van der Waals surface area contributed by atoms with Gasteiger partial charge in [0, 0.05) is 54.7 Å². The molecule has 6 nitrogen and oxygen atoms in total. The van der Waals surface area contributed by atoms with E-state index in [1.165, 1.54) is 0 Å². The van der Waals surface area contributed by atoms with Crippen LogP contribution in [0, 0.1) is 6.92 Å². The molecule has 0 bridgehead atoms. The summed E-state index contributed by atoms with van der Waals surface area (Å²) in [4.78, 5) is 34.5. The second-order valence-electron chi connectivity index (χ2n) is 8.43. The molecule has 4 rings (SSSR count). The second kappa shape index (κ2) is 9.93. The van der Waals surface area contributed by atoms with Crippen LogP contribution in [0.1, 0.15) is 46.5 Å². The predicted molar refractivity (Wildman–Crippen MR) is 131 cm³/mol. The van der Waals surface area contributed by atoms with E-state index in [0.29, 0.717) is 19.6 Å². The summed E-state index contributed by atoms with van der Waals surface area (Å²) >= 11 is 1.72. The third-order valence-electron chi connectivity index (χ3n) is 5.90. The molecule has 1 atom stereocenters. The highest BCUT2D eigenvalue weighted by Gasteiger charge is 2.31. The van der Waals surface area contributed by atoms with Gasteiger partial charge in [-0.25, -0.2) is 0 Å². The Morgan fingerprint density at radius 3 is 2.70 bits per heavy atom. The SMILES string of the molecule is COCCN(C(=O)c1c2n(c(C)cc1=O)-c1ccccc1S[C@@H](c1ccccn1)C2)C(C)C. The Labute approximate surface area is 198 Å². The summed E-state index contributed by atoms with van der Waals surface area (Å²) < 4.78 is 7.30. The molecular formula is C26H29N3O3S. The molecule has 0 saturated carbocycles. The first-order valence-corrected chi connectivity index (χ1v) is 12.0. The molecule has 0 aliphatic carbocycles. The third-order valence-corrected chi connectivity index (χ3v) is 7.20. The van der Waals surface area contributed by atoms with E-state index >= 15 is 0 Å². The second-order valence-corrected chi connectivity index (χ2v) is 9.67. The van der Waals surface area contributed by atoms with Crippen molar-refractivity contribution in [1.82, 2.24) is 14.5 Å². The van der Waals surface area contributed by atoms with Crippen LogP contribution in [0.4, 0.5) is 0 Å². The lowest BCUT2D eigenvalue weighted by atomic mass is 10.0. The van der Waals surface area contributed by atoms with Crippen LogP contribution in [0.25, 0.3) is 5.69 Å². The van der Waals surface area contributed by atoms with Gasteiger partial charge in [0.05, 0.1) is 23.2 Å². The standard InChI is InChI=1S/C26H29N3O3S/c1-17(2)28(13-14-32-4)26(31)25-21-16-24(19-9-7-8-12-27-19)33-23-11-6-5-10-20(23)29(21)18(3)15-22(25)30/h5-12,15,17,24H,13-14,16H2,1-4H3/t24-/m1/s1. The number of rotatable bonds is 6. The monoisotopic (exact) mass is 463 g/mol. The van der Waals surface area contributed by atoms with E-state index in [1.54, 1.807) is 36.0 Å². The largest absolute Gasteiger partial charge is 0.383 e. The summed E-state index contributed by atoms with van der Waals surface area (Å²) in [5.41, 5.74) is 3.46. The van der Waals surface area contributed by atoms with Crippen LogP contribution in [0.5, 0.6) is 0 Å². The van der Waals surface area contributed by atoms with Crippen LogP contribution in [0.2, 0.25) is 0 Å². The van der Waals surface area contributed by atoms with Crippen LogP contribution in [0.3, 0.4) is 0 Å². The number of para-hydroxylation sites is 1. The van der Waals surface area contributed by atoms with E-state index in [-0.39, 0.29) is 28.2 Å². The summed E-state index contributed by atoms with van der Waals surface area (Å²) in [6, 6.07) is 15.5. The van der Waals surface area contributed by atoms with E-state index in [2.05, 4.69) is 15.6 Å². The minimum Gasteiger partial charge on any atom is -0.383 e. The fraction of sp³-hybridized carbons (Fsp3) is 0.346. The number of aromatic nitrogens is 2. The summed E-state index contributed by atoms with van der Waals surface area (Å²) in [5.74, 6) is -0.250. The van der Waals surface area contributed by atoms with E-state index in [4.69, 9.17) is 4.74 Å². The molecule has 1 aliphatic heterocycles. The zero-order chi connectivity index (χ0) is 23.5. The number of benzene rings is 1. The van der Waals surface area contributed by atoms with Gasteiger partial charge in [0.25, 0.3) is 5.91 Å². The van der Waals surface area contributed by atoms with Gasteiger partial charge >= 0.3 is 0 Å². The van der Waals surface area contributed by atoms with Crippen molar-refractivity contribution < 1.29 is 9.53 Å². The number of pyridine rings is 2. The molecular weight excluding hydrogens is 434 g/mol. The first-order valence-electron chi connectivity index (χ1n) is 11.1. The van der Waals surface area contributed by atoms with Gasteiger partial charge < -0.3 is 14.2 Å². The molecule has 2 aromatic heterocycles. The van der Waals surface area contributed by atoms with Crippen molar-refractivity contribution in [3.63, 3.8) is 0 Å². The quantitative estimate of drug-likeness (QED) is 0.541. The van der Waals surface area contributed by atoms with Crippen molar-refractivity contribution in [3.05, 3.63) is 87.6 Å². The Hall–Kier alpha value is -2.90. The number of thioether (sulfide) groups is 1. The molecule has 33 heavy (non-hydrogen) atoms. The maximum Gasteiger partial charge on any atom is 0.259 e. The van der Waals surface area contributed by atoms with Crippen LogP contribution in [-0.2, 0) is 11.2 Å². The average molecular weight is 464 g/mol. The fourth-order valence-corrected chi connectivity index (χ4v) is 5.57. The summed E-state index contributed by atoms with van der Waals surface area (Å²) in [5, 5.41) is -0.0275. The highest BCUT2D eigenvalue weighted by molar-refractivity contribution is 7.99. The molecule has 0 fully saturated rings. The minimum atomic E-state index is -0.250. The number of carbonyl (C=O) groups is 1. The molecule has 0 radical (unpaired) electrons. The molecule has 0 spiro atoms. The van der Waals surface area contributed by atoms with Gasteiger partial charge in [0.2, 0.25) is 0 Å². The highest BCUT2D eigenvalue weighted by Crippen LogP contribution is 2.43. The maximum absolute atomic E-state index is 13.8. The van der Waals surface area contributed by atoms with Crippen molar-refractivity contribution >= 4 is 17.7 Å². The van der Waals surface area contributed by atoms with Crippen molar-refractivity contribution in [1.29, 1.82) is 0 Å². The first-order chi connectivity index (χ1) is 15.9. The molecule has 1 aromatic carbocycles. The molecule has 3 aromatic rings. The van der Waals surface area contributed by atoms with E-state index in [1.807, 2.05) is 57.2 Å². The Balaban J connectivity index is 1.94. The Morgan fingerprint density at radius 1 is 1.24 bits per heavy atom. The van der Waals surface area contributed by atoms with Gasteiger partial charge in [-0.05, 0) is 45.0 Å². The van der Waals surface area contributed by atoms with Crippen molar-refractivity contribution in [3.8, 4) is 5.69 Å². The number of methoxy groups -OCH3 is 1. The Bertz CT molecular complexity index is 1210. The highest BCUT2D eigenvalue weighted by atomic mass is 32.2. The number of amides is 1. The van der Waals surface area contributed by atoms with Crippen LogP contribution < -0.4 is 5.43 Å². The van der Waals surface area contributed by atoms with Gasteiger partial charge in [0.15, 0.2) is 5.43 Å². The molecule has 1 aliphatic rings. The normalized spacial score (nSPS) is 15.0. The average Bonchev–Trinajstić information content (AvgIpc) is 2.97. The van der Waals surface area contributed by atoms with Crippen LogP contribution in [0.15, 0.2) is 64.4 Å². The number of aryl methyl sites for hydroxylation is 1. The minimum absolute atomic E-state index is 0.0275. The van der Waals surface area contributed by atoms with Crippen molar-refractivity contribution in [2.45, 2.75) is 43.4 Å². The van der Waals surface area contributed by atoms with E-state index in [0.717, 1.165) is 27.7 Å². The molecule has 7 heteroatoms. The number of hydrogen-bond donors (Lipinski definition) is 0. The third kappa shape index (κ3) is 4.61.